The Balaban J connectivity index is 1.26. The fraction of sp³-hybridized carbons (Fsp3) is 0.300. The molecule has 3 aromatic carbocycles. The molecule has 3 aliphatic rings. The van der Waals surface area contributed by atoms with Crippen molar-refractivity contribution in [2.45, 2.75) is 31.1 Å². The molecule has 1 atom stereocenters. The van der Waals surface area contributed by atoms with Gasteiger partial charge in [0.15, 0.2) is 17.5 Å². The maximum Gasteiger partial charge on any atom is 0.236 e. The number of benzene rings is 3. The van der Waals surface area contributed by atoms with Crippen molar-refractivity contribution in [2.75, 3.05) is 19.6 Å². The Morgan fingerprint density at radius 3 is 2.14 bits per heavy atom. The molecule has 4 aromatic rings. The van der Waals surface area contributed by atoms with Gasteiger partial charge < -0.3 is 18.7 Å². The molecule has 4 heterocycles. The van der Waals surface area contributed by atoms with E-state index in [1.165, 1.54) is 12.1 Å². The highest BCUT2D eigenvalue weighted by Gasteiger charge is 2.48. The molecule has 0 amide bonds. The number of nitrogens with zero attached hydrogens (tertiary/aromatic N) is 2. The zero-order valence-corrected chi connectivity index (χ0v) is 20.1. The number of hydrogen-bond donors (Lipinski definition) is 1. The van der Waals surface area contributed by atoms with E-state index in [9.17, 15) is 9.50 Å². The van der Waals surface area contributed by atoms with Crippen LogP contribution in [0.3, 0.4) is 0 Å². The van der Waals surface area contributed by atoms with E-state index in [1.807, 2.05) is 60.7 Å². The number of rotatable bonds is 7. The summed E-state index contributed by atoms with van der Waals surface area (Å²) in [7, 11) is 0. The smallest absolute Gasteiger partial charge is 0.236 e. The van der Waals surface area contributed by atoms with Gasteiger partial charge in [-0.3, -0.25) is 0 Å². The number of aromatic nitrogens is 1. The van der Waals surface area contributed by atoms with E-state index >= 15 is 0 Å². The highest BCUT2D eigenvalue weighted by molar-refractivity contribution is 5.41. The molecule has 3 fully saturated rings. The van der Waals surface area contributed by atoms with Crippen LogP contribution in [-0.4, -0.2) is 40.3 Å². The molecule has 36 heavy (non-hydrogen) atoms. The van der Waals surface area contributed by atoms with E-state index in [2.05, 4.69) is 4.98 Å². The molecule has 1 N–H and O–H groups in total. The van der Waals surface area contributed by atoms with Crippen LogP contribution < -0.4 is 4.74 Å². The lowest BCUT2D eigenvalue weighted by Gasteiger charge is -2.51. The quantitative estimate of drug-likeness (QED) is 0.362. The van der Waals surface area contributed by atoms with Gasteiger partial charge in [0.05, 0.1) is 19.3 Å². The van der Waals surface area contributed by atoms with Gasteiger partial charge in [-0.05, 0) is 35.4 Å². The summed E-state index contributed by atoms with van der Waals surface area (Å²) in [5, 5.41) is 12.0. The highest BCUT2D eigenvalue weighted by atomic mass is 19.1. The molecule has 0 saturated carbocycles. The number of piperidine rings is 3. The van der Waals surface area contributed by atoms with Crippen molar-refractivity contribution >= 4 is 0 Å². The van der Waals surface area contributed by atoms with Gasteiger partial charge >= 0.3 is 0 Å². The van der Waals surface area contributed by atoms with Crippen molar-refractivity contribution in [3.05, 3.63) is 120 Å². The van der Waals surface area contributed by atoms with Crippen molar-refractivity contribution in [3.63, 3.8) is 0 Å². The second-order valence-electron chi connectivity index (χ2n) is 10.2. The molecule has 0 spiro atoms. The van der Waals surface area contributed by atoms with Gasteiger partial charge in [0.25, 0.3) is 0 Å². The molecular weight excluding hydrogens is 455 g/mol. The molecule has 0 aliphatic carbocycles. The van der Waals surface area contributed by atoms with Gasteiger partial charge in [-0.1, -0.05) is 60.7 Å². The van der Waals surface area contributed by atoms with E-state index in [0.717, 1.165) is 42.7 Å². The van der Waals surface area contributed by atoms with Crippen LogP contribution in [0.5, 0.6) is 5.75 Å². The van der Waals surface area contributed by atoms with E-state index in [0.29, 0.717) is 29.3 Å². The summed E-state index contributed by atoms with van der Waals surface area (Å²) in [5.74, 6) is 2.01. The molecule has 0 radical (unpaired) electrons. The van der Waals surface area contributed by atoms with Crippen molar-refractivity contribution in [3.8, 4) is 5.75 Å². The van der Waals surface area contributed by atoms with Crippen LogP contribution in [0.4, 0.5) is 4.39 Å². The van der Waals surface area contributed by atoms with Crippen molar-refractivity contribution in [1.82, 2.24) is 4.98 Å². The third-order valence-electron chi connectivity index (χ3n) is 7.88. The SMILES string of the molecule is OC(c1ccccc1)(c1ccccc1)c1ncc(C[N+]23CCC(CC2)C(Oc2ccc(F)cc2)C3)o1. The van der Waals surface area contributed by atoms with Crippen LogP contribution in [0.1, 0.15) is 35.6 Å². The largest absolute Gasteiger partial charge is 0.484 e. The van der Waals surface area contributed by atoms with Gasteiger partial charge in [-0.15, -0.1) is 0 Å². The lowest BCUT2D eigenvalue weighted by Crippen LogP contribution is -2.64. The van der Waals surface area contributed by atoms with Crippen LogP contribution in [0.25, 0.3) is 0 Å². The predicted molar refractivity (Wildman–Crippen MR) is 134 cm³/mol. The van der Waals surface area contributed by atoms with Gasteiger partial charge in [0.2, 0.25) is 5.89 Å². The molecule has 3 saturated heterocycles. The number of hydrogen-bond acceptors (Lipinski definition) is 4. The number of fused-ring (bicyclic) bond motifs is 3. The van der Waals surface area contributed by atoms with Crippen molar-refractivity contribution < 1.29 is 23.1 Å². The van der Waals surface area contributed by atoms with E-state index in [-0.39, 0.29) is 17.8 Å². The normalized spacial score (nSPS) is 23.5. The summed E-state index contributed by atoms with van der Waals surface area (Å²) in [6.07, 6.45) is 4.02. The second kappa shape index (κ2) is 9.19. The first kappa shape index (κ1) is 23.0. The van der Waals surface area contributed by atoms with E-state index in [1.54, 1.807) is 18.3 Å². The highest BCUT2D eigenvalue weighted by Crippen LogP contribution is 2.39. The lowest BCUT2D eigenvalue weighted by molar-refractivity contribution is -0.958. The van der Waals surface area contributed by atoms with Crippen LogP contribution in [0, 0.1) is 11.7 Å². The zero-order chi connectivity index (χ0) is 24.6. The number of halogens is 1. The number of aliphatic hydroxyl groups is 1. The maximum absolute atomic E-state index is 13.3. The maximum atomic E-state index is 13.3. The number of oxazole rings is 1. The summed E-state index contributed by atoms with van der Waals surface area (Å²) >= 11 is 0. The summed E-state index contributed by atoms with van der Waals surface area (Å²) in [5.41, 5.74) is -0.0597. The average molecular weight is 486 g/mol. The predicted octanol–water partition coefficient (Wildman–Crippen LogP) is 5.29. The monoisotopic (exact) mass is 485 g/mol. The molecule has 1 aromatic heterocycles. The fourth-order valence-corrected chi connectivity index (χ4v) is 5.92. The fourth-order valence-electron chi connectivity index (χ4n) is 5.92. The first-order valence-electron chi connectivity index (χ1n) is 12.6. The Hall–Kier alpha value is -3.48. The minimum Gasteiger partial charge on any atom is -0.484 e. The number of quaternary nitrogens is 1. The Labute approximate surface area is 210 Å². The Morgan fingerprint density at radius 2 is 1.53 bits per heavy atom. The molecule has 2 bridgehead atoms. The third kappa shape index (κ3) is 4.21. The standard InChI is InChI=1S/C30H30FN2O3/c31-25-11-13-26(14-12-25)35-28-21-33(17-15-22(28)16-18-33)20-27-19-32-29(36-27)30(34,23-7-3-1-4-8-23)24-9-5-2-6-10-24/h1-14,19,22,28,34H,15-18,20-21H2/q+1. The van der Waals surface area contributed by atoms with Gasteiger partial charge in [0.1, 0.15) is 24.7 Å². The Kier molecular flexibility index (Phi) is 5.86. The molecule has 7 rings (SSSR count). The Morgan fingerprint density at radius 1 is 0.917 bits per heavy atom. The lowest BCUT2D eigenvalue weighted by atomic mass is 9.83. The first-order chi connectivity index (χ1) is 17.5. The van der Waals surface area contributed by atoms with Gasteiger partial charge in [-0.2, -0.15) is 0 Å². The summed E-state index contributed by atoms with van der Waals surface area (Å²) < 4.78 is 26.8. The summed E-state index contributed by atoms with van der Waals surface area (Å²) in [6, 6.07) is 25.3. The second-order valence-corrected chi connectivity index (χ2v) is 10.2. The molecule has 5 nitrogen and oxygen atoms in total. The Bertz CT molecular complexity index is 1260. The molecular formula is C30H30FN2O3+. The molecule has 3 aliphatic heterocycles. The summed E-state index contributed by atoms with van der Waals surface area (Å²) in [6.45, 7) is 3.69. The van der Waals surface area contributed by atoms with Gasteiger partial charge in [-0.25, -0.2) is 9.37 Å². The van der Waals surface area contributed by atoms with Crippen LogP contribution in [0.15, 0.2) is 95.5 Å². The zero-order valence-electron chi connectivity index (χ0n) is 20.1. The molecule has 184 valence electrons. The van der Waals surface area contributed by atoms with Crippen LogP contribution >= 0.6 is 0 Å². The average Bonchev–Trinajstić information content (AvgIpc) is 3.39. The van der Waals surface area contributed by atoms with Crippen molar-refractivity contribution in [1.29, 1.82) is 0 Å². The first-order valence-corrected chi connectivity index (χ1v) is 12.6. The number of ether oxygens (including phenoxy) is 1. The minimum atomic E-state index is -1.48. The topological polar surface area (TPSA) is 55.5 Å². The van der Waals surface area contributed by atoms with E-state index in [4.69, 9.17) is 9.15 Å². The third-order valence-corrected chi connectivity index (χ3v) is 7.88. The van der Waals surface area contributed by atoms with E-state index < -0.39 is 5.60 Å². The molecule has 6 heteroatoms. The van der Waals surface area contributed by atoms with Crippen LogP contribution in [0.2, 0.25) is 0 Å². The molecule has 1 unspecified atom stereocenters. The van der Waals surface area contributed by atoms with Gasteiger partial charge in [0, 0.05) is 18.8 Å². The minimum absolute atomic E-state index is 0.0888. The van der Waals surface area contributed by atoms with Crippen LogP contribution in [-0.2, 0) is 12.1 Å². The summed E-state index contributed by atoms with van der Waals surface area (Å²) in [4.78, 5) is 4.59. The van der Waals surface area contributed by atoms with Crippen molar-refractivity contribution in [2.24, 2.45) is 5.92 Å².